The van der Waals surface area contributed by atoms with Crippen molar-refractivity contribution in [1.29, 1.82) is 0 Å². The Balaban J connectivity index is 1.87. The van der Waals surface area contributed by atoms with Gasteiger partial charge in [-0.05, 0) is 52.7 Å². The van der Waals surface area contributed by atoms with Crippen molar-refractivity contribution >= 4 is 5.91 Å². The second-order valence-electron chi connectivity index (χ2n) is 6.13. The number of hydrogen-bond acceptors (Lipinski definition) is 4. The van der Waals surface area contributed by atoms with E-state index in [1.54, 1.807) is 0 Å². The number of likely N-dealkylation sites (tertiary alicyclic amines) is 1. The van der Waals surface area contributed by atoms with Crippen molar-refractivity contribution in [3.8, 4) is 0 Å². The van der Waals surface area contributed by atoms with E-state index in [2.05, 4.69) is 23.9 Å². The van der Waals surface area contributed by atoms with Crippen molar-refractivity contribution in [1.82, 2.24) is 9.80 Å². The maximum absolute atomic E-state index is 11.4. The van der Waals surface area contributed by atoms with Crippen LogP contribution >= 0.6 is 0 Å². The van der Waals surface area contributed by atoms with Crippen LogP contribution in [0.4, 0.5) is 0 Å². The lowest BCUT2D eigenvalue weighted by atomic mass is 9.98. The number of carbonyl (C=O) groups is 1. The number of likely N-dealkylation sites (N-methyl/N-ethyl adjacent to an activating group) is 2. The van der Waals surface area contributed by atoms with Crippen molar-refractivity contribution in [3.05, 3.63) is 0 Å². The largest absolute Gasteiger partial charge is 0.368 e. The van der Waals surface area contributed by atoms with Gasteiger partial charge in [0, 0.05) is 18.6 Å². The highest BCUT2D eigenvalue weighted by atomic mass is 16.1. The van der Waals surface area contributed by atoms with Crippen LogP contribution in [0.1, 0.15) is 32.1 Å². The summed E-state index contributed by atoms with van der Waals surface area (Å²) >= 11 is 0. The van der Waals surface area contributed by atoms with Gasteiger partial charge in [0.2, 0.25) is 5.91 Å². The van der Waals surface area contributed by atoms with Crippen LogP contribution in [0.15, 0.2) is 0 Å². The minimum Gasteiger partial charge on any atom is -0.368 e. The third kappa shape index (κ3) is 2.68. The summed E-state index contributed by atoms with van der Waals surface area (Å²) < 4.78 is 0. The zero-order chi connectivity index (χ0) is 13.3. The highest BCUT2D eigenvalue weighted by Crippen LogP contribution is 2.31. The third-order valence-electron chi connectivity index (χ3n) is 4.81. The molecule has 5 nitrogen and oxygen atoms in total. The molecule has 2 rings (SSSR count). The van der Waals surface area contributed by atoms with Crippen molar-refractivity contribution < 1.29 is 4.79 Å². The molecule has 1 aliphatic carbocycles. The molecule has 2 fully saturated rings. The maximum Gasteiger partial charge on any atom is 0.237 e. The molecule has 1 amide bonds. The Kier molecular flexibility index (Phi) is 3.94. The average Bonchev–Trinajstić information content (AvgIpc) is 2.87. The Morgan fingerprint density at radius 2 is 2.22 bits per heavy atom. The van der Waals surface area contributed by atoms with Crippen molar-refractivity contribution in [2.24, 2.45) is 11.5 Å². The molecule has 18 heavy (non-hydrogen) atoms. The van der Waals surface area contributed by atoms with Gasteiger partial charge in [-0.3, -0.25) is 4.79 Å². The van der Waals surface area contributed by atoms with Crippen LogP contribution in [0.3, 0.4) is 0 Å². The monoisotopic (exact) mass is 254 g/mol. The number of primary amides is 1. The maximum atomic E-state index is 11.4. The van der Waals surface area contributed by atoms with Gasteiger partial charge in [-0.2, -0.15) is 0 Å². The first-order valence-corrected chi connectivity index (χ1v) is 6.91. The zero-order valence-corrected chi connectivity index (χ0v) is 11.6. The van der Waals surface area contributed by atoms with E-state index in [1.807, 2.05) is 0 Å². The van der Waals surface area contributed by atoms with Gasteiger partial charge in [0.05, 0.1) is 5.54 Å². The summed E-state index contributed by atoms with van der Waals surface area (Å²) in [5.41, 5.74) is 10.7. The van der Waals surface area contributed by atoms with Gasteiger partial charge in [-0.15, -0.1) is 0 Å². The molecule has 0 aromatic heterocycles. The summed E-state index contributed by atoms with van der Waals surface area (Å²) in [5.74, 6) is -0.351. The van der Waals surface area contributed by atoms with Crippen molar-refractivity contribution in [2.75, 3.05) is 27.2 Å². The quantitative estimate of drug-likeness (QED) is 0.725. The molecule has 1 saturated carbocycles. The van der Waals surface area contributed by atoms with Gasteiger partial charge in [-0.25, -0.2) is 0 Å². The molecule has 3 atom stereocenters. The van der Waals surface area contributed by atoms with E-state index in [0.29, 0.717) is 18.5 Å². The normalized spacial score (nSPS) is 37.6. The standard InChI is InChI=1S/C13H26N4O/c1-16-7-3-4-11(16)9-17(2)10-5-6-13(15,8-10)12(14)18/h10-11H,3-9,15H2,1-2H3,(H2,14,18). The average molecular weight is 254 g/mol. The van der Waals surface area contributed by atoms with Crippen LogP contribution in [0, 0.1) is 0 Å². The van der Waals surface area contributed by atoms with E-state index < -0.39 is 5.54 Å². The smallest absolute Gasteiger partial charge is 0.237 e. The number of nitrogens with zero attached hydrogens (tertiary/aromatic N) is 2. The molecule has 5 heteroatoms. The molecule has 0 radical (unpaired) electrons. The first-order valence-electron chi connectivity index (χ1n) is 6.91. The first-order chi connectivity index (χ1) is 8.42. The third-order valence-corrected chi connectivity index (χ3v) is 4.81. The molecule has 0 spiro atoms. The molecule has 0 aromatic carbocycles. The molecule has 4 N–H and O–H groups in total. The molecule has 0 aromatic rings. The lowest BCUT2D eigenvalue weighted by Gasteiger charge is -2.31. The Labute approximate surface area is 109 Å². The number of carbonyl (C=O) groups excluding carboxylic acids is 1. The van der Waals surface area contributed by atoms with Gasteiger partial charge in [0.1, 0.15) is 0 Å². The van der Waals surface area contributed by atoms with E-state index >= 15 is 0 Å². The van der Waals surface area contributed by atoms with Gasteiger partial charge in [0.15, 0.2) is 0 Å². The molecule has 1 heterocycles. The zero-order valence-electron chi connectivity index (χ0n) is 11.6. The Morgan fingerprint density at radius 3 is 2.72 bits per heavy atom. The lowest BCUT2D eigenvalue weighted by Crippen LogP contribution is -2.51. The summed E-state index contributed by atoms with van der Waals surface area (Å²) in [6, 6.07) is 1.05. The SMILES string of the molecule is CN1CCCC1CN(C)C1CCC(N)(C(N)=O)C1. The van der Waals surface area contributed by atoms with Gasteiger partial charge in [0.25, 0.3) is 0 Å². The fourth-order valence-corrected chi connectivity index (χ4v) is 3.34. The van der Waals surface area contributed by atoms with Crippen molar-refractivity contribution in [2.45, 2.75) is 49.7 Å². The van der Waals surface area contributed by atoms with E-state index in [4.69, 9.17) is 11.5 Å². The van der Waals surface area contributed by atoms with E-state index in [0.717, 1.165) is 19.4 Å². The minimum absolute atomic E-state index is 0.351. The molecular weight excluding hydrogens is 228 g/mol. The Morgan fingerprint density at radius 1 is 1.50 bits per heavy atom. The van der Waals surface area contributed by atoms with E-state index in [9.17, 15) is 4.79 Å². The van der Waals surface area contributed by atoms with Crippen molar-refractivity contribution in [3.63, 3.8) is 0 Å². The Bertz CT molecular complexity index is 322. The number of nitrogens with two attached hydrogens (primary N) is 2. The number of amides is 1. The number of hydrogen-bond donors (Lipinski definition) is 2. The van der Waals surface area contributed by atoms with Crippen LogP contribution in [0.2, 0.25) is 0 Å². The summed E-state index contributed by atoms with van der Waals surface area (Å²) in [6.07, 6.45) is 4.97. The predicted octanol–water partition coefficient (Wildman–Crippen LogP) is -0.252. The van der Waals surface area contributed by atoms with Crippen LogP contribution in [-0.4, -0.2) is 60.5 Å². The molecular formula is C13H26N4O. The second kappa shape index (κ2) is 5.15. The lowest BCUT2D eigenvalue weighted by molar-refractivity contribution is -0.123. The summed E-state index contributed by atoms with van der Waals surface area (Å²) in [7, 11) is 4.33. The second-order valence-corrected chi connectivity index (χ2v) is 6.13. The summed E-state index contributed by atoms with van der Waals surface area (Å²) in [4.78, 5) is 16.1. The molecule has 1 saturated heterocycles. The highest BCUT2D eigenvalue weighted by Gasteiger charge is 2.42. The fourth-order valence-electron chi connectivity index (χ4n) is 3.34. The van der Waals surface area contributed by atoms with E-state index in [-0.39, 0.29) is 5.91 Å². The van der Waals surface area contributed by atoms with Gasteiger partial charge < -0.3 is 21.3 Å². The molecule has 1 aliphatic heterocycles. The summed E-state index contributed by atoms with van der Waals surface area (Å²) in [6.45, 7) is 2.27. The molecule has 3 unspecified atom stereocenters. The van der Waals surface area contributed by atoms with Crippen LogP contribution in [-0.2, 0) is 4.79 Å². The molecule has 0 bridgehead atoms. The molecule has 104 valence electrons. The Hall–Kier alpha value is -0.650. The minimum atomic E-state index is -0.777. The summed E-state index contributed by atoms with van der Waals surface area (Å²) in [5, 5.41) is 0. The fraction of sp³-hybridized carbons (Fsp3) is 0.923. The van der Waals surface area contributed by atoms with Crippen LogP contribution < -0.4 is 11.5 Å². The number of rotatable bonds is 4. The van der Waals surface area contributed by atoms with Gasteiger partial charge in [-0.1, -0.05) is 0 Å². The molecule has 2 aliphatic rings. The van der Waals surface area contributed by atoms with Crippen LogP contribution in [0.5, 0.6) is 0 Å². The van der Waals surface area contributed by atoms with Crippen LogP contribution in [0.25, 0.3) is 0 Å². The predicted molar refractivity (Wildman–Crippen MR) is 72.0 cm³/mol. The van der Waals surface area contributed by atoms with E-state index in [1.165, 1.54) is 19.4 Å². The topological polar surface area (TPSA) is 75.6 Å². The first kappa shape index (κ1) is 13.8. The highest BCUT2D eigenvalue weighted by molar-refractivity contribution is 5.84. The van der Waals surface area contributed by atoms with Gasteiger partial charge >= 0.3 is 0 Å².